The summed E-state index contributed by atoms with van der Waals surface area (Å²) in [6.45, 7) is 1.35. The Balaban J connectivity index is 2.46. The third kappa shape index (κ3) is 2.87. The summed E-state index contributed by atoms with van der Waals surface area (Å²) in [5, 5.41) is 0. The predicted octanol–water partition coefficient (Wildman–Crippen LogP) is -0.509. The quantitative estimate of drug-likeness (QED) is 0.463. The predicted molar refractivity (Wildman–Crippen MR) is 37.3 cm³/mol. The summed E-state index contributed by atoms with van der Waals surface area (Å²) in [4.78, 5) is 21.5. The Labute approximate surface area is 69.6 Å². The highest BCUT2D eigenvalue weighted by Gasteiger charge is 2.15. The highest BCUT2D eigenvalue weighted by atomic mass is 16.6. The minimum atomic E-state index is -0.472. The van der Waals surface area contributed by atoms with E-state index in [9.17, 15) is 9.59 Å². The lowest BCUT2D eigenvalue weighted by atomic mass is 10.4. The SMILES string of the molecule is CC1COC(=O)COCC(=O)O1. The first-order chi connectivity index (χ1) is 5.68. The van der Waals surface area contributed by atoms with E-state index in [1.807, 2.05) is 0 Å². The van der Waals surface area contributed by atoms with E-state index in [1.54, 1.807) is 6.92 Å². The van der Waals surface area contributed by atoms with E-state index in [4.69, 9.17) is 4.74 Å². The zero-order chi connectivity index (χ0) is 8.97. The van der Waals surface area contributed by atoms with E-state index in [1.165, 1.54) is 0 Å². The van der Waals surface area contributed by atoms with Crippen LogP contribution in [0.4, 0.5) is 0 Å². The number of hydrogen-bond acceptors (Lipinski definition) is 5. The van der Waals surface area contributed by atoms with E-state index in [2.05, 4.69) is 9.47 Å². The van der Waals surface area contributed by atoms with Crippen molar-refractivity contribution in [3.63, 3.8) is 0 Å². The van der Waals surface area contributed by atoms with Gasteiger partial charge in [-0.3, -0.25) is 0 Å². The molecule has 5 heteroatoms. The highest BCUT2D eigenvalue weighted by molar-refractivity contribution is 5.73. The van der Waals surface area contributed by atoms with Gasteiger partial charge in [0.05, 0.1) is 0 Å². The van der Waals surface area contributed by atoms with Crippen molar-refractivity contribution in [2.24, 2.45) is 0 Å². The van der Waals surface area contributed by atoms with Gasteiger partial charge in [-0.15, -0.1) is 0 Å². The molecule has 0 N–H and O–H groups in total. The molecular formula is C7H10O5. The summed E-state index contributed by atoms with van der Waals surface area (Å²) in [6.07, 6.45) is -0.400. The fourth-order valence-corrected chi connectivity index (χ4v) is 0.762. The molecule has 0 bridgehead atoms. The summed E-state index contributed by atoms with van der Waals surface area (Å²) in [6, 6.07) is 0. The van der Waals surface area contributed by atoms with Crippen molar-refractivity contribution in [1.82, 2.24) is 0 Å². The molecule has 68 valence electrons. The maximum Gasteiger partial charge on any atom is 0.332 e. The van der Waals surface area contributed by atoms with Crippen molar-refractivity contribution in [1.29, 1.82) is 0 Å². The first kappa shape index (κ1) is 8.99. The Bertz CT molecular complexity index is 188. The van der Waals surface area contributed by atoms with Gasteiger partial charge in [-0.2, -0.15) is 0 Å². The molecular weight excluding hydrogens is 164 g/mol. The third-order valence-electron chi connectivity index (χ3n) is 1.25. The zero-order valence-corrected chi connectivity index (χ0v) is 6.74. The molecule has 1 aliphatic heterocycles. The normalized spacial score (nSPS) is 26.2. The molecule has 0 saturated carbocycles. The summed E-state index contributed by atoms with van der Waals surface area (Å²) in [5.41, 5.74) is 0. The van der Waals surface area contributed by atoms with Crippen LogP contribution in [0.3, 0.4) is 0 Å². The molecule has 0 spiro atoms. The Morgan fingerprint density at radius 2 is 1.92 bits per heavy atom. The maximum absolute atomic E-state index is 10.8. The summed E-state index contributed by atoms with van der Waals surface area (Å²) in [5.74, 6) is -0.944. The fraction of sp³-hybridized carbons (Fsp3) is 0.714. The van der Waals surface area contributed by atoms with Gasteiger partial charge in [-0.1, -0.05) is 0 Å². The summed E-state index contributed by atoms with van der Waals surface area (Å²) in [7, 11) is 0. The van der Waals surface area contributed by atoms with Crippen LogP contribution in [0.25, 0.3) is 0 Å². The average molecular weight is 174 g/mol. The number of rotatable bonds is 0. The number of cyclic esters (lactones) is 2. The molecule has 0 aromatic carbocycles. The number of esters is 2. The molecule has 1 rings (SSSR count). The maximum atomic E-state index is 10.8. The van der Waals surface area contributed by atoms with Gasteiger partial charge in [0.15, 0.2) is 0 Å². The van der Waals surface area contributed by atoms with Gasteiger partial charge in [0.2, 0.25) is 0 Å². The Morgan fingerprint density at radius 3 is 2.67 bits per heavy atom. The van der Waals surface area contributed by atoms with Crippen LogP contribution in [0.2, 0.25) is 0 Å². The van der Waals surface area contributed by atoms with E-state index < -0.39 is 18.0 Å². The first-order valence-corrected chi connectivity index (χ1v) is 3.61. The van der Waals surface area contributed by atoms with E-state index >= 15 is 0 Å². The average Bonchev–Trinajstić information content (AvgIpc) is 2.05. The Kier molecular flexibility index (Phi) is 3.04. The highest BCUT2D eigenvalue weighted by Crippen LogP contribution is 1.97. The fourth-order valence-electron chi connectivity index (χ4n) is 0.762. The van der Waals surface area contributed by atoms with E-state index in [0.717, 1.165) is 0 Å². The summed E-state index contributed by atoms with van der Waals surface area (Å²) >= 11 is 0. The molecule has 12 heavy (non-hydrogen) atoms. The van der Waals surface area contributed by atoms with Crippen LogP contribution in [0.15, 0.2) is 0 Å². The van der Waals surface area contributed by atoms with E-state index in [0.29, 0.717) is 0 Å². The van der Waals surface area contributed by atoms with Crippen molar-refractivity contribution < 1.29 is 23.8 Å². The van der Waals surface area contributed by atoms with Gasteiger partial charge in [0, 0.05) is 0 Å². The number of carbonyl (C=O) groups excluding carboxylic acids is 2. The second kappa shape index (κ2) is 4.06. The van der Waals surface area contributed by atoms with Crippen LogP contribution < -0.4 is 0 Å². The molecule has 0 aromatic heterocycles. The Morgan fingerprint density at radius 1 is 1.25 bits per heavy atom. The Hall–Kier alpha value is -1.10. The van der Waals surface area contributed by atoms with Gasteiger partial charge in [0.25, 0.3) is 0 Å². The van der Waals surface area contributed by atoms with Crippen LogP contribution in [0.1, 0.15) is 6.92 Å². The molecule has 0 radical (unpaired) electrons. The molecule has 5 nitrogen and oxygen atoms in total. The van der Waals surface area contributed by atoms with Crippen molar-refractivity contribution >= 4 is 11.9 Å². The molecule has 1 unspecified atom stereocenters. The van der Waals surface area contributed by atoms with Crippen LogP contribution in [0.5, 0.6) is 0 Å². The van der Waals surface area contributed by atoms with Gasteiger partial charge >= 0.3 is 11.9 Å². The molecule has 1 fully saturated rings. The topological polar surface area (TPSA) is 61.8 Å². The second-order valence-electron chi connectivity index (χ2n) is 2.48. The van der Waals surface area contributed by atoms with Gasteiger partial charge in [-0.05, 0) is 6.92 Å². The molecule has 0 aliphatic carbocycles. The minimum absolute atomic E-state index is 0.0912. The van der Waals surface area contributed by atoms with Crippen LogP contribution >= 0.6 is 0 Å². The van der Waals surface area contributed by atoms with Gasteiger partial charge in [-0.25, -0.2) is 9.59 Å². The van der Waals surface area contributed by atoms with Crippen molar-refractivity contribution in [2.75, 3.05) is 19.8 Å². The number of carbonyl (C=O) groups is 2. The van der Waals surface area contributed by atoms with Crippen LogP contribution in [0, 0.1) is 0 Å². The van der Waals surface area contributed by atoms with E-state index in [-0.39, 0.29) is 19.8 Å². The number of ether oxygens (including phenoxy) is 3. The van der Waals surface area contributed by atoms with Gasteiger partial charge in [0.1, 0.15) is 25.9 Å². The lowest BCUT2D eigenvalue weighted by molar-refractivity contribution is -0.154. The van der Waals surface area contributed by atoms with Crippen molar-refractivity contribution in [2.45, 2.75) is 13.0 Å². The van der Waals surface area contributed by atoms with Gasteiger partial charge < -0.3 is 14.2 Å². The standard InChI is InChI=1S/C7H10O5/c1-5-2-11-6(8)3-10-4-7(9)12-5/h5H,2-4H2,1H3. The third-order valence-corrected chi connectivity index (χ3v) is 1.25. The molecule has 0 amide bonds. The summed E-state index contributed by atoms with van der Waals surface area (Å²) < 4.78 is 14.1. The second-order valence-corrected chi connectivity index (χ2v) is 2.48. The lowest BCUT2D eigenvalue weighted by Crippen LogP contribution is -2.21. The van der Waals surface area contributed by atoms with Crippen LogP contribution in [-0.2, 0) is 23.8 Å². The molecule has 0 aromatic rings. The lowest BCUT2D eigenvalue weighted by Gasteiger charge is -2.09. The minimum Gasteiger partial charge on any atom is -0.460 e. The smallest absolute Gasteiger partial charge is 0.332 e. The monoisotopic (exact) mass is 174 g/mol. The first-order valence-electron chi connectivity index (χ1n) is 3.61. The largest absolute Gasteiger partial charge is 0.460 e. The zero-order valence-electron chi connectivity index (χ0n) is 6.74. The number of hydrogen-bond donors (Lipinski definition) is 0. The molecule has 1 atom stereocenters. The van der Waals surface area contributed by atoms with Crippen molar-refractivity contribution in [3.05, 3.63) is 0 Å². The molecule has 1 saturated heterocycles. The van der Waals surface area contributed by atoms with Crippen LogP contribution in [-0.4, -0.2) is 37.9 Å². The molecule has 1 aliphatic rings. The van der Waals surface area contributed by atoms with Crippen molar-refractivity contribution in [3.8, 4) is 0 Å². The molecule has 1 heterocycles.